The molecule has 0 aliphatic rings. The van der Waals surface area contributed by atoms with E-state index in [2.05, 4.69) is 120 Å². The van der Waals surface area contributed by atoms with Gasteiger partial charge in [-0.2, -0.15) is 0 Å². The monoisotopic (exact) mass is 640 g/mol. The molecule has 5 heteroatoms. The highest BCUT2D eigenvalue weighted by Gasteiger charge is 2.20. The highest BCUT2D eigenvalue weighted by atomic mass is 16.3. The van der Waals surface area contributed by atoms with Crippen LogP contribution in [-0.4, -0.2) is 19.5 Å². The predicted octanol–water partition coefficient (Wildman–Crippen LogP) is 11.5. The summed E-state index contributed by atoms with van der Waals surface area (Å²) in [5, 5.41) is 4.35. The van der Waals surface area contributed by atoms with E-state index in [0.717, 1.165) is 71.9 Å². The molecule has 10 aromatic rings. The first-order valence-electron chi connectivity index (χ1n) is 16.7. The van der Waals surface area contributed by atoms with Crippen molar-refractivity contribution in [2.24, 2.45) is 0 Å². The molecule has 5 nitrogen and oxygen atoms in total. The summed E-state index contributed by atoms with van der Waals surface area (Å²) in [4.78, 5) is 15.3. The molecule has 3 aromatic heterocycles. The van der Waals surface area contributed by atoms with Gasteiger partial charge in [-0.15, -0.1) is 0 Å². The van der Waals surface area contributed by atoms with Crippen LogP contribution >= 0.6 is 0 Å². The molecule has 0 aliphatic heterocycles. The van der Waals surface area contributed by atoms with E-state index < -0.39 is 0 Å². The van der Waals surface area contributed by atoms with Crippen LogP contribution in [0.25, 0.3) is 94.7 Å². The van der Waals surface area contributed by atoms with Crippen molar-refractivity contribution in [3.05, 3.63) is 170 Å². The van der Waals surface area contributed by atoms with Gasteiger partial charge in [0.1, 0.15) is 11.2 Å². The van der Waals surface area contributed by atoms with Crippen molar-refractivity contribution >= 4 is 43.7 Å². The maximum atomic E-state index is 6.62. The number of aromatic nitrogens is 4. The largest absolute Gasteiger partial charge is 0.456 e. The van der Waals surface area contributed by atoms with Gasteiger partial charge in [0.15, 0.2) is 17.5 Å². The fraction of sp³-hybridized carbons (Fsp3) is 0. The van der Waals surface area contributed by atoms with Crippen molar-refractivity contribution in [1.82, 2.24) is 19.5 Å². The molecular weight excluding hydrogens is 613 g/mol. The van der Waals surface area contributed by atoms with Crippen molar-refractivity contribution in [2.45, 2.75) is 0 Å². The molecule has 234 valence electrons. The standard InChI is InChI=1S/C45H28N4O/c1-4-14-29(15-5-1)31-18-12-19-32(26-31)44-46-43(30-16-6-2-7-17-30)47-45(48-44)35-23-13-25-40-42(35)37-27-36-34-22-10-11-24-38(34)49(33-20-8-3-9-21-33)39(36)28-41(37)50-40/h1-28H. The van der Waals surface area contributed by atoms with Gasteiger partial charge in [0.05, 0.1) is 11.0 Å². The molecule has 0 aliphatic carbocycles. The third-order valence-corrected chi connectivity index (χ3v) is 9.44. The van der Waals surface area contributed by atoms with Crippen LogP contribution in [-0.2, 0) is 0 Å². The Hall–Kier alpha value is -6.85. The zero-order valence-electron chi connectivity index (χ0n) is 26.9. The first kappa shape index (κ1) is 28.2. The van der Waals surface area contributed by atoms with Gasteiger partial charge in [0.25, 0.3) is 0 Å². The van der Waals surface area contributed by atoms with Gasteiger partial charge in [-0.3, -0.25) is 0 Å². The number of hydrogen-bond donors (Lipinski definition) is 0. The average Bonchev–Trinajstić information content (AvgIpc) is 3.72. The van der Waals surface area contributed by atoms with Crippen LogP contribution in [0.15, 0.2) is 174 Å². The molecule has 0 fully saturated rings. The van der Waals surface area contributed by atoms with Crippen LogP contribution in [0.4, 0.5) is 0 Å². The Morgan fingerprint density at radius 2 is 1.00 bits per heavy atom. The number of furan rings is 1. The Labute approximate surface area is 287 Å². The fourth-order valence-corrected chi connectivity index (χ4v) is 7.14. The zero-order valence-corrected chi connectivity index (χ0v) is 26.9. The van der Waals surface area contributed by atoms with E-state index in [9.17, 15) is 0 Å². The van der Waals surface area contributed by atoms with E-state index in [4.69, 9.17) is 19.4 Å². The summed E-state index contributed by atoms with van der Waals surface area (Å²) in [7, 11) is 0. The van der Waals surface area contributed by atoms with Crippen LogP contribution in [0.3, 0.4) is 0 Å². The van der Waals surface area contributed by atoms with Crippen LogP contribution in [0.2, 0.25) is 0 Å². The van der Waals surface area contributed by atoms with Crippen LogP contribution < -0.4 is 0 Å². The molecule has 3 heterocycles. The second-order valence-electron chi connectivity index (χ2n) is 12.5. The molecule has 0 unspecified atom stereocenters. The summed E-state index contributed by atoms with van der Waals surface area (Å²) in [6, 6.07) is 58.5. The van der Waals surface area contributed by atoms with Gasteiger partial charge in [0, 0.05) is 50.0 Å². The molecule has 0 atom stereocenters. The Balaban J connectivity index is 1.22. The molecular formula is C45H28N4O. The first-order valence-corrected chi connectivity index (χ1v) is 16.7. The van der Waals surface area contributed by atoms with E-state index in [1.807, 2.05) is 54.6 Å². The van der Waals surface area contributed by atoms with Crippen LogP contribution in [0, 0.1) is 0 Å². The van der Waals surface area contributed by atoms with Crippen molar-refractivity contribution in [3.8, 4) is 51.0 Å². The molecule has 7 aromatic carbocycles. The highest BCUT2D eigenvalue weighted by molar-refractivity contribution is 6.19. The summed E-state index contributed by atoms with van der Waals surface area (Å²) in [6.45, 7) is 0. The number of benzene rings is 7. The third kappa shape index (κ3) is 4.60. The average molecular weight is 641 g/mol. The first-order chi connectivity index (χ1) is 24.8. The topological polar surface area (TPSA) is 56.7 Å². The van der Waals surface area contributed by atoms with Crippen LogP contribution in [0.5, 0.6) is 0 Å². The summed E-state index contributed by atoms with van der Waals surface area (Å²) in [5.74, 6) is 1.83. The summed E-state index contributed by atoms with van der Waals surface area (Å²) in [6.07, 6.45) is 0. The number of rotatable bonds is 5. The van der Waals surface area contributed by atoms with Gasteiger partial charge in [-0.05, 0) is 47.5 Å². The summed E-state index contributed by atoms with van der Waals surface area (Å²) >= 11 is 0. The van der Waals surface area contributed by atoms with E-state index in [-0.39, 0.29) is 0 Å². The van der Waals surface area contributed by atoms with Crippen molar-refractivity contribution in [1.29, 1.82) is 0 Å². The zero-order chi connectivity index (χ0) is 33.0. The number of fused-ring (bicyclic) bond motifs is 6. The van der Waals surface area contributed by atoms with Crippen molar-refractivity contribution in [2.75, 3.05) is 0 Å². The van der Waals surface area contributed by atoms with Crippen molar-refractivity contribution in [3.63, 3.8) is 0 Å². The smallest absolute Gasteiger partial charge is 0.164 e. The number of nitrogens with zero attached hydrogens (tertiary/aromatic N) is 4. The Kier molecular flexibility index (Phi) is 6.42. The minimum atomic E-state index is 0.596. The van der Waals surface area contributed by atoms with Crippen molar-refractivity contribution < 1.29 is 4.42 Å². The molecule has 50 heavy (non-hydrogen) atoms. The molecule has 10 rings (SSSR count). The van der Waals surface area contributed by atoms with Gasteiger partial charge < -0.3 is 8.98 Å². The van der Waals surface area contributed by atoms with E-state index in [1.54, 1.807) is 0 Å². The lowest BCUT2D eigenvalue weighted by Gasteiger charge is -2.10. The third-order valence-electron chi connectivity index (χ3n) is 9.44. The lowest BCUT2D eigenvalue weighted by Crippen LogP contribution is -2.00. The minimum absolute atomic E-state index is 0.596. The van der Waals surface area contributed by atoms with E-state index >= 15 is 0 Å². The summed E-state index contributed by atoms with van der Waals surface area (Å²) in [5.41, 5.74) is 9.95. The second-order valence-corrected chi connectivity index (χ2v) is 12.5. The minimum Gasteiger partial charge on any atom is -0.456 e. The van der Waals surface area contributed by atoms with Gasteiger partial charge >= 0.3 is 0 Å². The quantitative estimate of drug-likeness (QED) is 0.188. The van der Waals surface area contributed by atoms with E-state index in [0.29, 0.717) is 17.5 Å². The maximum absolute atomic E-state index is 6.62. The Morgan fingerprint density at radius 1 is 0.380 bits per heavy atom. The molecule has 0 N–H and O–H groups in total. The number of para-hydroxylation sites is 2. The Bertz CT molecular complexity index is 2860. The lowest BCUT2D eigenvalue weighted by molar-refractivity contribution is 0.669. The molecule has 0 saturated heterocycles. The normalized spacial score (nSPS) is 11.6. The predicted molar refractivity (Wildman–Crippen MR) is 203 cm³/mol. The molecule has 0 spiro atoms. The number of hydrogen-bond acceptors (Lipinski definition) is 4. The van der Waals surface area contributed by atoms with Gasteiger partial charge in [-0.25, -0.2) is 15.0 Å². The van der Waals surface area contributed by atoms with Gasteiger partial charge in [0.2, 0.25) is 0 Å². The lowest BCUT2D eigenvalue weighted by atomic mass is 10.0. The maximum Gasteiger partial charge on any atom is 0.164 e. The fourth-order valence-electron chi connectivity index (χ4n) is 7.14. The molecule has 0 saturated carbocycles. The summed E-state index contributed by atoms with van der Waals surface area (Å²) < 4.78 is 8.93. The molecule has 0 radical (unpaired) electrons. The van der Waals surface area contributed by atoms with E-state index in [1.165, 1.54) is 5.39 Å². The van der Waals surface area contributed by atoms with Gasteiger partial charge in [-0.1, -0.05) is 127 Å². The SMILES string of the molecule is c1ccc(-c2cccc(-c3nc(-c4ccccc4)nc(-c4cccc5oc6cc7c(cc6c45)c4ccccc4n7-c4ccccc4)n3)c2)cc1. The molecule has 0 bridgehead atoms. The van der Waals surface area contributed by atoms with Crippen LogP contribution in [0.1, 0.15) is 0 Å². The highest BCUT2D eigenvalue weighted by Crippen LogP contribution is 2.41. The molecule has 0 amide bonds. The second kappa shape index (κ2) is 11.4. The Morgan fingerprint density at radius 3 is 1.80 bits per heavy atom.